The highest BCUT2D eigenvalue weighted by Gasteiger charge is 2.19. The first kappa shape index (κ1) is 15.4. The highest BCUT2D eigenvalue weighted by Crippen LogP contribution is 2.03. The molecule has 1 aliphatic heterocycles. The molecule has 0 radical (unpaired) electrons. The molecule has 0 aromatic rings. The summed E-state index contributed by atoms with van der Waals surface area (Å²) in [6.07, 6.45) is 0.204. The van der Waals surface area contributed by atoms with Crippen LogP contribution in [0.1, 0.15) is 20.8 Å². The van der Waals surface area contributed by atoms with Gasteiger partial charge >= 0.3 is 0 Å². The van der Waals surface area contributed by atoms with E-state index in [2.05, 4.69) is 17.1 Å². The van der Waals surface area contributed by atoms with Crippen molar-refractivity contribution in [3.8, 4) is 0 Å². The van der Waals surface area contributed by atoms with Crippen LogP contribution in [0.15, 0.2) is 0 Å². The molecule has 0 aromatic carbocycles. The Kier molecular flexibility index (Phi) is 6.60. The maximum atomic E-state index is 11.8. The zero-order valence-corrected chi connectivity index (χ0v) is 12.1. The monoisotopic (exact) mass is 257 g/mol. The van der Waals surface area contributed by atoms with Crippen LogP contribution >= 0.6 is 0 Å². The lowest BCUT2D eigenvalue weighted by Crippen LogP contribution is -2.48. The Hall–Kier alpha value is -0.650. The number of ether oxygens (including phenoxy) is 1. The molecule has 0 aromatic heterocycles. The number of morpholine rings is 1. The van der Waals surface area contributed by atoms with Crippen LogP contribution in [-0.4, -0.2) is 74.2 Å². The Morgan fingerprint density at radius 1 is 1.56 bits per heavy atom. The lowest BCUT2D eigenvalue weighted by atomic mass is 10.2. The lowest BCUT2D eigenvalue weighted by molar-refractivity contribution is -0.130. The smallest absolute Gasteiger partial charge is 0.236 e. The number of carbonyl (C=O) groups is 1. The minimum atomic E-state index is 0.133. The summed E-state index contributed by atoms with van der Waals surface area (Å²) >= 11 is 0. The SMILES string of the molecule is CCN1CCOC(CNCC(=O)N(C)C(C)C)C1. The Labute approximate surface area is 110 Å². The van der Waals surface area contributed by atoms with Gasteiger partial charge in [0.25, 0.3) is 0 Å². The number of rotatable bonds is 6. The van der Waals surface area contributed by atoms with Crippen molar-refractivity contribution in [2.45, 2.75) is 32.9 Å². The number of hydrogen-bond donors (Lipinski definition) is 1. The van der Waals surface area contributed by atoms with Crippen LogP contribution in [0, 0.1) is 0 Å². The average Bonchev–Trinajstić information content (AvgIpc) is 2.37. The van der Waals surface area contributed by atoms with E-state index in [9.17, 15) is 4.79 Å². The minimum absolute atomic E-state index is 0.133. The average molecular weight is 257 g/mol. The van der Waals surface area contributed by atoms with Crippen LogP contribution in [0.4, 0.5) is 0 Å². The maximum absolute atomic E-state index is 11.8. The molecular weight excluding hydrogens is 230 g/mol. The molecule has 18 heavy (non-hydrogen) atoms. The molecule has 0 aliphatic carbocycles. The van der Waals surface area contributed by atoms with Gasteiger partial charge in [0.05, 0.1) is 19.3 Å². The Balaban J connectivity index is 2.19. The molecule has 1 rings (SSSR count). The summed E-state index contributed by atoms with van der Waals surface area (Å²) < 4.78 is 5.67. The molecule has 1 amide bonds. The van der Waals surface area contributed by atoms with E-state index in [1.807, 2.05) is 20.9 Å². The van der Waals surface area contributed by atoms with Crippen LogP contribution in [0.5, 0.6) is 0 Å². The number of nitrogens with one attached hydrogen (secondary N) is 1. The van der Waals surface area contributed by atoms with Crippen molar-refractivity contribution in [3.63, 3.8) is 0 Å². The summed E-state index contributed by atoms with van der Waals surface area (Å²) in [4.78, 5) is 15.9. The van der Waals surface area contributed by atoms with Crippen molar-refractivity contribution >= 4 is 5.91 Å². The summed E-state index contributed by atoms with van der Waals surface area (Å²) in [7, 11) is 1.84. The van der Waals surface area contributed by atoms with Gasteiger partial charge in [-0.2, -0.15) is 0 Å². The van der Waals surface area contributed by atoms with Crippen molar-refractivity contribution in [2.75, 3.05) is 46.4 Å². The summed E-state index contributed by atoms with van der Waals surface area (Å²) in [5.41, 5.74) is 0. The van der Waals surface area contributed by atoms with E-state index in [0.717, 1.165) is 32.8 Å². The predicted octanol–water partition coefficient (Wildman–Crippen LogP) is 0.164. The first-order chi connectivity index (χ1) is 8.54. The number of hydrogen-bond acceptors (Lipinski definition) is 4. The summed E-state index contributed by atoms with van der Waals surface area (Å²) in [6.45, 7) is 11.2. The topological polar surface area (TPSA) is 44.8 Å². The second kappa shape index (κ2) is 7.71. The van der Waals surface area contributed by atoms with E-state index < -0.39 is 0 Å². The number of nitrogens with zero attached hydrogens (tertiary/aromatic N) is 2. The van der Waals surface area contributed by atoms with Gasteiger partial charge in [-0.1, -0.05) is 6.92 Å². The van der Waals surface area contributed by atoms with Gasteiger partial charge < -0.3 is 15.0 Å². The van der Waals surface area contributed by atoms with Gasteiger partial charge in [-0.15, -0.1) is 0 Å². The van der Waals surface area contributed by atoms with E-state index in [0.29, 0.717) is 6.54 Å². The normalized spacial score (nSPS) is 21.3. The molecule has 0 bridgehead atoms. The van der Waals surface area contributed by atoms with Crippen molar-refractivity contribution in [1.82, 2.24) is 15.1 Å². The highest BCUT2D eigenvalue weighted by atomic mass is 16.5. The first-order valence-corrected chi connectivity index (χ1v) is 6.85. The van der Waals surface area contributed by atoms with Crippen LogP contribution in [0.3, 0.4) is 0 Å². The fraction of sp³-hybridized carbons (Fsp3) is 0.923. The van der Waals surface area contributed by atoms with Crippen molar-refractivity contribution < 1.29 is 9.53 Å². The molecular formula is C13H27N3O2. The Morgan fingerprint density at radius 3 is 2.89 bits per heavy atom. The second-order valence-corrected chi connectivity index (χ2v) is 5.12. The molecule has 1 saturated heterocycles. The van der Waals surface area contributed by atoms with E-state index in [-0.39, 0.29) is 18.1 Å². The Bertz CT molecular complexity index is 259. The number of carbonyl (C=O) groups excluding carboxylic acids is 1. The van der Waals surface area contributed by atoms with Gasteiger partial charge in [0.2, 0.25) is 5.91 Å². The third-order valence-corrected chi connectivity index (χ3v) is 3.49. The Morgan fingerprint density at radius 2 is 2.28 bits per heavy atom. The van der Waals surface area contributed by atoms with Crippen LogP contribution < -0.4 is 5.32 Å². The van der Waals surface area contributed by atoms with Crippen LogP contribution in [0.2, 0.25) is 0 Å². The molecule has 1 unspecified atom stereocenters. The number of amides is 1. The zero-order chi connectivity index (χ0) is 13.5. The van der Waals surface area contributed by atoms with Gasteiger partial charge in [-0.3, -0.25) is 9.69 Å². The summed E-state index contributed by atoms with van der Waals surface area (Å²) in [5.74, 6) is 0.133. The van der Waals surface area contributed by atoms with Gasteiger partial charge in [0, 0.05) is 32.7 Å². The van der Waals surface area contributed by atoms with Crippen molar-refractivity contribution in [3.05, 3.63) is 0 Å². The second-order valence-electron chi connectivity index (χ2n) is 5.12. The third-order valence-electron chi connectivity index (χ3n) is 3.49. The predicted molar refractivity (Wildman–Crippen MR) is 72.6 cm³/mol. The molecule has 1 N–H and O–H groups in total. The molecule has 5 nitrogen and oxygen atoms in total. The summed E-state index contributed by atoms with van der Waals surface area (Å²) in [6, 6.07) is 0.251. The van der Waals surface area contributed by atoms with Crippen molar-refractivity contribution in [2.24, 2.45) is 0 Å². The quantitative estimate of drug-likeness (QED) is 0.736. The molecule has 1 atom stereocenters. The maximum Gasteiger partial charge on any atom is 0.236 e. The summed E-state index contributed by atoms with van der Waals surface area (Å²) in [5, 5.41) is 3.19. The first-order valence-electron chi connectivity index (χ1n) is 6.85. The molecule has 0 saturated carbocycles. The lowest BCUT2D eigenvalue weighted by Gasteiger charge is -2.32. The van der Waals surface area contributed by atoms with Gasteiger partial charge in [0.15, 0.2) is 0 Å². The fourth-order valence-electron chi connectivity index (χ4n) is 1.94. The molecule has 1 aliphatic rings. The van der Waals surface area contributed by atoms with E-state index in [1.54, 1.807) is 4.90 Å². The molecule has 106 valence electrons. The molecule has 0 spiro atoms. The van der Waals surface area contributed by atoms with Crippen LogP contribution in [0.25, 0.3) is 0 Å². The number of likely N-dealkylation sites (N-methyl/N-ethyl adjacent to an activating group) is 2. The molecule has 1 fully saturated rings. The van der Waals surface area contributed by atoms with Crippen molar-refractivity contribution in [1.29, 1.82) is 0 Å². The molecule has 5 heteroatoms. The highest BCUT2D eigenvalue weighted by molar-refractivity contribution is 5.78. The zero-order valence-electron chi connectivity index (χ0n) is 12.1. The minimum Gasteiger partial charge on any atom is -0.374 e. The van der Waals surface area contributed by atoms with Crippen LogP contribution in [-0.2, 0) is 9.53 Å². The fourth-order valence-corrected chi connectivity index (χ4v) is 1.94. The third kappa shape index (κ3) is 4.92. The van der Waals surface area contributed by atoms with Gasteiger partial charge in [0.1, 0.15) is 0 Å². The van der Waals surface area contributed by atoms with Gasteiger partial charge in [-0.25, -0.2) is 0 Å². The van der Waals surface area contributed by atoms with E-state index in [4.69, 9.17) is 4.74 Å². The largest absolute Gasteiger partial charge is 0.374 e. The van der Waals surface area contributed by atoms with Gasteiger partial charge in [-0.05, 0) is 20.4 Å². The standard InChI is InChI=1S/C13H27N3O2/c1-5-16-6-7-18-12(10-16)8-14-9-13(17)15(4)11(2)3/h11-12,14H,5-10H2,1-4H3. The molecule has 1 heterocycles. The van der Waals surface area contributed by atoms with E-state index >= 15 is 0 Å². The van der Waals surface area contributed by atoms with E-state index in [1.165, 1.54) is 0 Å².